The van der Waals surface area contributed by atoms with E-state index >= 15 is 0 Å². The Kier molecular flexibility index (Phi) is 4.05. The summed E-state index contributed by atoms with van der Waals surface area (Å²) < 4.78 is 4.27. The molecule has 0 amide bonds. The van der Waals surface area contributed by atoms with E-state index in [4.69, 9.17) is 17.3 Å². The van der Waals surface area contributed by atoms with Crippen LogP contribution in [0.2, 0.25) is 5.15 Å². The number of methoxy groups -OCH3 is 1. The Hall–Kier alpha value is -1.37. The summed E-state index contributed by atoms with van der Waals surface area (Å²) in [5.74, 6) is -0.978. The largest absolute Gasteiger partial charge is 0.467 e. The van der Waals surface area contributed by atoms with E-state index in [9.17, 15) is 15.0 Å². The van der Waals surface area contributed by atoms with Crippen molar-refractivity contribution in [1.29, 1.82) is 0 Å². The van der Waals surface area contributed by atoms with Gasteiger partial charge < -0.3 is 20.7 Å². The van der Waals surface area contributed by atoms with E-state index in [2.05, 4.69) is 9.72 Å². The molecule has 1 aromatic heterocycles. The first kappa shape index (κ1) is 12.7. The van der Waals surface area contributed by atoms with E-state index in [0.29, 0.717) is 0 Å². The molecule has 2 atom stereocenters. The Morgan fingerprint density at radius 2 is 2.19 bits per heavy atom. The Morgan fingerprint density at radius 3 is 2.75 bits per heavy atom. The van der Waals surface area contributed by atoms with Crippen molar-refractivity contribution in [3.8, 4) is 0 Å². The van der Waals surface area contributed by atoms with Crippen LogP contribution in [-0.2, 0) is 9.53 Å². The van der Waals surface area contributed by atoms with Crippen LogP contribution in [-0.4, -0.2) is 34.4 Å². The summed E-state index contributed by atoms with van der Waals surface area (Å²) in [4.78, 5) is 14.7. The molecule has 0 aliphatic rings. The highest BCUT2D eigenvalue weighted by molar-refractivity contribution is 6.29. The number of rotatable bonds is 3. The van der Waals surface area contributed by atoms with Crippen LogP contribution in [0.1, 0.15) is 11.8 Å². The zero-order valence-corrected chi connectivity index (χ0v) is 9.18. The minimum absolute atomic E-state index is 0.0644. The highest BCUT2D eigenvalue weighted by Crippen LogP contribution is 2.23. The van der Waals surface area contributed by atoms with Gasteiger partial charge in [-0.3, -0.25) is 0 Å². The van der Waals surface area contributed by atoms with Gasteiger partial charge in [0.05, 0.1) is 18.5 Å². The first-order chi connectivity index (χ1) is 7.47. The van der Waals surface area contributed by atoms with Gasteiger partial charge in [-0.15, -0.1) is 0 Å². The van der Waals surface area contributed by atoms with Crippen LogP contribution in [0.5, 0.6) is 0 Å². The molecule has 7 heteroatoms. The zero-order valence-electron chi connectivity index (χ0n) is 8.42. The van der Waals surface area contributed by atoms with Gasteiger partial charge in [0.15, 0.2) is 6.10 Å². The smallest absolute Gasteiger partial charge is 0.337 e. The molecule has 16 heavy (non-hydrogen) atoms. The Labute approximate surface area is 96.6 Å². The quantitative estimate of drug-likeness (QED) is 0.507. The molecule has 0 aromatic carbocycles. The lowest BCUT2D eigenvalue weighted by molar-refractivity contribution is -0.156. The molecular formula is C9H11ClN2O4. The molecule has 6 nitrogen and oxygen atoms in total. The SMILES string of the molecule is COC(=O)C(O)C(O)c1nc(Cl)ccc1N. The number of halogens is 1. The number of hydrogen-bond donors (Lipinski definition) is 3. The summed E-state index contributed by atoms with van der Waals surface area (Å²) in [6.45, 7) is 0. The van der Waals surface area contributed by atoms with Crippen molar-refractivity contribution in [2.45, 2.75) is 12.2 Å². The third-order valence-corrected chi connectivity index (χ3v) is 2.16. The molecule has 0 radical (unpaired) electrons. The maximum absolute atomic E-state index is 11.0. The number of carbonyl (C=O) groups excluding carboxylic acids is 1. The number of nitrogens with zero attached hydrogens (tertiary/aromatic N) is 1. The van der Waals surface area contributed by atoms with Crippen molar-refractivity contribution in [3.05, 3.63) is 23.0 Å². The summed E-state index contributed by atoms with van der Waals surface area (Å²) in [7, 11) is 1.09. The fourth-order valence-corrected chi connectivity index (χ4v) is 1.25. The average molecular weight is 247 g/mol. The van der Waals surface area contributed by atoms with Crippen molar-refractivity contribution in [1.82, 2.24) is 4.98 Å². The summed E-state index contributed by atoms with van der Waals surface area (Å²) in [6.07, 6.45) is -3.33. The Morgan fingerprint density at radius 1 is 1.56 bits per heavy atom. The number of aliphatic hydroxyl groups is 2. The summed E-state index contributed by atoms with van der Waals surface area (Å²) >= 11 is 5.60. The predicted octanol–water partition coefficient (Wildman–Crippen LogP) is -0.115. The van der Waals surface area contributed by atoms with Gasteiger partial charge in [0, 0.05) is 0 Å². The number of esters is 1. The molecule has 0 spiro atoms. The van der Waals surface area contributed by atoms with E-state index in [1.807, 2.05) is 0 Å². The maximum Gasteiger partial charge on any atom is 0.337 e. The van der Waals surface area contributed by atoms with E-state index < -0.39 is 18.2 Å². The normalized spacial score (nSPS) is 14.2. The lowest BCUT2D eigenvalue weighted by Gasteiger charge is -2.16. The molecular weight excluding hydrogens is 236 g/mol. The van der Waals surface area contributed by atoms with Gasteiger partial charge in [0.2, 0.25) is 0 Å². The maximum atomic E-state index is 11.0. The number of hydrogen-bond acceptors (Lipinski definition) is 6. The van der Waals surface area contributed by atoms with Gasteiger partial charge in [-0.05, 0) is 12.1 Å². The Bertz CT molecular complexity index is 399. The van der Waals surface area contributed by atoms with Crippen LogP contribution < -0.4 is 5.73 Å². The van der Waals surface area contributed by atoms with Crippen molar-refractivity contribution in [2.75, 3.05) is 12.8 Å². The lowest BCUT2D eigenvalue weighted by atomic mass is 10.1. The number of carbonyl (C=O) groups is 1. The van der Waals surface area contributed by atoms with Gasteiger partial charge in [0.25, 0.3) is 0 Å². The van der Waals surface area contributed by atoms with E-state index in [-0.39, 0.29) is 16.5 Å². The second-order valence-electron chi connectivity index (χ2n) is 3.02. The predicted molar refractivity (Wildman–Crippen MR) is 56.6 cm³/mol. The third kappa shape index (κ3) is 2.60. The molecule has 0 saturated carbocycles. The van der Waals surface area contributed by atoms with Gasteiger partial charge in [0.1, 0.15) is 11.3 Å². The van der Waals surface area contributed by atoms with Crippen LogP contribution in [0, 0.1) is 0 Å². The van der Waals surface area contributed by atoms with Crippen molar-refractivity contribution < 1.29 is 19.7 Å². The van der Waals surface area contributed by atoms with E-state index in [1.165, 1.54) is 12.1 Å². The van der Waals surface area contributed by atoms with Gasteiger partial charge in [-0.25, -0.2) is 9.78 Å². The molecule has 0 aliphatic heterocycles. The van der Waals surface area contributed by atoms with Crippen LogP contribution in [0.25, 0.3) is 0 Å². The fourth-order valence-electron chi connectivity index (χ4n) is 1.10. The minimum atomic E-state index is -1.75. The number of aromatic nitrogens is 1. The topological polar surface area (TPSA) is 106 Å². The molecule has 0 fully saturated rings. The number of ether oxygens (including phenoxy) is 1. The van der Waals surface area contributed by atoms with Crippen LogP contribution in [0.3, 0.4) is 0 Å². The molecule has 2 unspecified atom stereocenters. The molecule has 0 aliphatic carbocycles. The molecule has 4 N–H and O–H groups in total. The lowest BCUT2D eigenvalue weighted by Crippen LogP contribution is -2.30. The molecule has 1 aromatic rings. The van der Waals surface area contributed by atoms with Crippen LogP contribution in [0.4, 0.5) is 5.69 Å². The number of pyridine rings is 1. The van der Waals surface area contributed by atoms with Gasteiger partial charge in [-0.1, -0.05) is 11.6 Å². The van der Waals surface area contributed by atoms with Gasteiger partial charge >= 0.3 is 5.97 Å². The van der Waals surface area contributed by atoms with E-state index in [0.717, 1.165) is 7.11 Å². The number of anilines is 1. The first-order valence-corrected chi connectivity index (χ1v) is 4.71. The highest BCUT2D eigenvalue weighted by Gasteiger charge is 2.29. The molecule has 1 heterocycles. The fraction of sp³-hybridized carbons (Fsp3) is 0.333. The second-order valence-corrected chi connectivity index (χ2v) is 3.41. The number of aliphatic hydroxyl groups excluding tert-OH is 2. The average Bonchev–Trinajstić information content (AvgIpc) is 2.29. The van der Waals surface area contributed by atoms with Crippen LogP contribution in [0.15, 0.2) is 12.1 Å². The highest BCUT2D eigenvalue weighted by atomic mass is 35.5. The zero-order chi connectivity index (χ0) is 12.3. The number of nitrogens with two attached hydrogens (primary N) is 1. The van der Waals surface area contributed by atoms with E-state index in [1.54, 1.807) is 0 Å². The first-order valence-electron chi connectivity index (χ1n) is 4.33. The minimum Gasteiger partial charge on any atom is -0.467 e. The van der Waals surface area contributed by atoms with Crippen molar-refractivity contribution in [2.24, 2.45) is 0 Å². The third-order valence-electron chi connectivity index (χ3n) is 1.95. The monoisotopic (exact) mass is 246 g/mol. The molecule has 0 saturated heterocycles. The summed E-state index contributed by atoms with van der Waals surface area (Å²) in [5, 5.41) is 19.1. The Balaban J connectivity index is 2.99. The summed E-state index contributed by atoms with van der Waals surface area (Å²) in [6, 6.07) is 2.84. The molecule has 88 valence electrons. The summed E-state index contributed by atoms with van der Waals surface area (Å²) in [5.41, 5.74) is 5.59. The molecule has 1 rings (SSSR count). The van der Waals surface area contributed by atoms with Crippen molar-refractivity contribution in [3.63, 3.8) is 0 Å². The van der Waals surface area contributed by atoms with Crippen LogP contribution >= 0.6 is 11.6 Å². The molecule has 0 bridgehead atoms. The standard InChI is InChI=1S/C9H11ClN2O4/c1-16-9(15)8(14)7(13)6-4(11)2-3-5(10)12-6/h2-3,7-8,13-14H,11H2,1H3. The van der Waals surface area contributed by atoms with Crippen molar-refractivity contribution >= 4 is 23.3 Å². The van der Waals surface area contributed by atoms with Gasteiger partial charge in [-0.2, -0.15) is 0 Å². The number of nitrogen functional groups attached to an aromatic ring is 1. The second kappa shape index (κ2) is 5.11.